The average molecular weight is 434 g/mol. The van der Waals surface area contributed by atoms with Crippen LogP contribution in [0.2, 0.25) is 0 Å². The van der Waals surface area contributed by atoms with Crippen LogP contribution in [0.5, 0.6) is 0 Å². The number of amides is 1. The number of likely N-dealkylation sites (N-methyl/N-ethyl adjacent to an activating group) is 1. The summed E-state index contributed by atoms with van der Waals surface area (Å²) >= 11 is 0. The Kier molecular flexibility index (Phi) is 5.66. The molecule has 1 amide bonds. The topological polar surface area (TPSA) is 53.4 Å². The molecule has 2 aromatic carbocycles. The van der Waals surface area contributed by atoms with E-state index in [0.717, 1.165) is 62.3 Å². The van der Waals surface area contributed by atoms with Gasteiger partial charge >= 0.3 is 0 Å². The Hall–Kier alpha value is -3.19. The van der Waals surface area contributed by atoms with E-state index in [2.05, 4.69) is 39.4 Å². The Balaban J connectivity index is 1.36. The van der Waals surface area contributed by atoms with E-state index in [4.69, 9.17) is 0 Å². The second-order valence-electron chi connectivity index (χ2n) is 8.59. The summed E-state index contributed by atoms with van der Waals surface area (Å²) in [5.74, 6) is -0.538. The van der Waals surface area contributed by atoms with Crippen LogP contribution >= 0.6 is 0 Å². The first-order valence-electron chi connectivity index (χ1n) is 11.3. The van der Waals surface area contributed by atoms with E-state index < -0.39 is 0 Å². The van der Waals surface area contributed by atoms with Gasteiger partial charge in [0.15, 0.2) is 5.69 Å². The van der Waals surface area contributed by atoms with Crippen molar-refractivity contribution in [2.75, 3.05) is 38.1 Å². The first kappa shape index (κ1) is 20.7. The second-order valence-corrected chi connectivity index (χ2v) is 8.59. The predicted molar refractivity (Wildman–Crippen MR) is 123 cm³/mol. The molecule has 1 fully saturated rings. The van der Waals surface area contributed by atoms with E-state index >= 15 is 0 Å². The monoisotopic (exact) mass is 433 g/mol. The number of nitrogens with one attached hydrogen (secondary N) is 1. The molecule has 166 valence electrons. The third kappa shape index (κ3) is 3.88. The molecule has 1 aromatic heterocycles. The number of nitrogens with zero attached hydrogens (tertiary/aromatic N) is 4. The molecule has 1 N–H and O–H groups in total. The number of benzene rings is 2. The fourth-order valence-electron chi connectivity index (χ4n) is 4.72. The Morgan fingerprint density at radius 1 is 1.00 bits per heavy atom. The maximum atomic E-state index is 14.4. The molecule has 0 unspecified atom stereocenters. The van der Waals surface area contributed by atoms with Crippen LogP contribution < -0.4 is 10.2 Å². The van der Waals surface area contributed by atoms with Crippen LogP contribution in [-0.4, -0.2) is 53.8 Å². The zero-order chi connectivity index (χ0) is 22.1. The summed E-state index contributed by atoms with van der Waals surface area (Å²) in [6, 6.07) is 14.8. The first-order valence-corrected chi connectivity index (χ1v) is 11.3. The number of hydrogen-bond donors (Lipinski definition) is 1. The molecule has 1 aliphatic heterocycles. The summed E-state index contributed by atoms with van der Waals surface area (Å²) in [4.78, 5) is 17.8. The number of carbonyl (C=O) groups is 1. The number of anilines is 1. The van der Waals surface area contributed by atoms with Crippen molar-refractivity contribution in [3.8, 4) is 5.69 Å². The quantitative estimate of drug-likeness (QED) is 0.672. The fourth-order valence-corrected chi connectivity index (χ4v) is 4.72. The van der Waals surface area contributed by atoms with E-state index in [-0.39, 0.29) is 11.7 Å². The Bertz CT molecular complexity index is 1130. The molecular weight excluding hydrogens is 405 g/mol. The number of piperazine rings is 1. The summed E-state index contributed by atoms with van der Waals surface area (Å²) in [7, 11) is 2.14. The van der Waals surface area contributed by atoms with Crippen LogP contribution in [0.1, 0.15) is 33.7 Å². The molecule has 1 saturated heterocycles. The summed E-state index contributed by atoms with van der Waals surface area (Å²) in [6.07, 6.45) is 2.55. The molecule has 0 atom stereocenters. The van der Waals surface area contributed by atoms with E-state index in [1.54, 1.807) is 22.9 Å². The SMILES string of the molecule is CN1CCN(c2ccccc2CNC(=O)c2nn(-c3ccccc3F)c3c2CCC3)CC1. The van der Waals surface area contributed by atoms with Gasteiger partial charge in [0.05, 0.1) is 0 Å². The number of aromatic nitrogens is 2. The van der Waals surface area contributed by atoms with Crippen molar-refractivity contribution in [2.24, 2.45) is 0 Å². The lowest BCUT2D eigenvalue weighted by Gasteiger charge is -2.35. The van der Waals surface area contributed by atoms with Gasteiger partial charge in [-0.1, -0.05) is 30.3 Å². The zero-order valence-electron chi connectivity index (χ0n) is 18.4. The molecule has 3 aromatic rings. The Morgan fingerprint density at radius 2 is 1.72 bits per heavy atom. The molecule has 0 bridgehead atoms. The van der Waals surface area contributed by atoms with Gasteiger partial charge < -0.3 is 15.1 Å². The summed E-state index contributed by atoms with van der Waals surface area (Å²) in [6.45, 7) is 4.44. The molecule has 2 heterocycles. The highest BCUT2D eigenvalue weighted by Gasteiger charge is 2.28. The third-order valence-corrected chi connectivity index (χ3v) is 6.50. The molecular formula is C25H28FN5O. The minimum atomic E-state index is -0.335. The first-order chi connectivity index (χ1) is 15.6. The van der Waals surface area contributed by atoms with E-state index in [0.29, 0.717) is 17.9 Å². The van der Waals surface area contributed by atoms with Gasteiger partial charge in [0.2, 0.25) is 0 Å². The van der Waals surface area contributed by atoms with Crippen LogP contribution in [-0.2, 0) is 19.4 Å². The molecule has 0 spiro atoms. The van der Waals surface area contributed by atoms with Crippen molar-refractivity contribution in [3.05, 3.63) is 76.9 Å². The number of para-hydroxylation sites is 2. The van der Waals surface area contributed by atoms with Crippen LogP contribution in [0.25, 0.3) is 5.69 Å². The van der Waals surface area contributed by atoms with Crippen LogP contribution in [0.3, 0.4) is 0 Å². The normalized spacial score (nSPS) is 16.2. The molecule has 0 saturated carbocycles. The predicted octanol–water partition coefficient (Wildman–Crippen LogP) is 3.18. The minimum Gasteiger partial charge on any atom is -0.369 e. The molecule has 7 heteroatoms. The van der Waals surface area contributed by atoms with Crippen molar-refractivity contribution in [3.63, 3.8) is 0 Å². The average Bonchev–Trinajstić information content (AvgIpc) is 3.42. The Morgan fingerprint density at radius 3 is 2.50 bits per heavy atom. The van der Waals surface area contributed by atoms with Crippen LogP contribution in [0.4, 0.5) is 10.1 Å². The number of hydrogen-bond acceptors (Lipinski definition) is 4. The Labute approximate surface area is 187 Å². The summed E-state index contributed by atoms with van der Waals surface area (Å²) < 4.78 is 16.0. The van der Waals surface area contributed by atoms with Gasteiger partial charge in [-0.3, -0.25) is 4.79 Å². The lowest BCUT2D eigenvalue weighted by molar-refractivity contribution is 0.0944. The number of rotatable bonds is 5. The summed E-state index contributed by atoms with van der Waals surface area (Å²) in [5.41, 5.74) is 4.96. The molecule has 2 aliphatic rings. The maximum absolute atomic E-state index is 14.4. The van der Waals surface area contributed by atoms with Gasteiger partial charge in [0.25, 0.3) is 5.91 Å². The van der Waals surface area contributed by atoms with Gasteiger partial charge in [-0.2, -0.15) is 5.10 Å². The van der Waals surface area contributed by atoms with Gasteiger partial charge in [0.1, 0.15) is 11.5 Å². The van der Waals surface area contributed by atoms with Crippen LogP contribution in [0, 0.1) is 5.82 Å². The molecule has 5 rings (SSSR count). The standard InChI is InChI=1S/C25H28FN5O/c1-29-13-15-30(16-14-29)21-10-4-2-7-18(21)17-27-25(32)24-19-8-6-12-22(19)31(28-24)23-11-5-3-9-20(23)26/h2-5,7,9-11H,6,8,12-17H2,1H3,(H,27,32). The van der Waals surface area contributed by atoms with Crippen LogP contribution in [0.15, 0.2) is 48.5 Å². The number of fused-ring (bicyclic) bond motifs is 1. The van der Waals surface area contributed by atoms with Gasteiger partial charge in [-0.15, -0.1) is 0 Å². The minimum absolute atomic E-state index is 0.202. The van der Waals surface area contributed by atoms with E-state index in [1.807, 2.05) is 12.1 Å². The van der Waals surface area contributed by atoms with Crippen molar-refractivity contribution in [1.29, 1.82) is 0 Å². The lowest BCUT2D eigenvalue weighted by Crippen LogP contribution is -2.45. The van der Waals surface area contributed by atoms with E-state index in [9.17, 15) is 9.18 Å². The van der Waals surface area contributed by atoms with E-state index in [1.165, 1.54) is 11.8 Å². The highest BCUT2D eigenvalue weighted by molar-refractivity contribution is 5.94. The third-order valence-electron chi connectivity index (χ3n) is 6.50. The largest absolute Gasteiger partial charge is 0.369 e. The highest BCUT2D eigenvalue weighted by atomic mass is 19.1. The van der Waals surface area contributed by atoms with Crippen molar-refractivity contribution in [1.82, 2.24) is 20.0 Å². The van der Waals surface area contributed by atoms with Crippen molar-refractivity contribution >= 4 is 11.6 Å². The number of halogens is 1. The highest BCUT2D eigenvalue weighted by Crippen LogP contribution is 2.29. The smallest absolute Gasteiger partial charge is 0.272 e. The number of carbonyl (C=O) groups excluding carboxylic acids is 1. The maximum Gasteiger partial charge on any atom is 0.272 e. The van der Waals surface area contributed by atoms with Crippen molar-refractivity contribution < 1.29 is 9.18 Å². The molecule has 1 aliphatic carbocycles. The van der Waals surface area contributed by atoms with Gasteiger partial charge in [-0.25, -0.2) is 9.07 Å². The van der Waals surface area contributed by atoms with Gasteiger partial charge in [0, 0.05) is 49.7 Å². The molecule has 32 heavy (non-hydrogen) atoms. The van der Waals surface area contributed by atoms with Crippen molar-refractivity contribution in [2.45, 2.75) is 25.8 Å². The van der Waals surface area contributed by atoms with Gasteiger partial charge in [-0.05, 0) is 50.1 Å². The molecule has 6 nitrogen and oxygen atoms in total. The lowest BCUT2D eigenvalue weighted by atomic mass is 10.1. The fraction of sp³-hybridized carbons (Fsp3) is 0.360. The second kappa shape index (κ2) is 8.74. The zero-order valence-corrected chi connectivity index (χ0v) is 18.4. The summed E-state index contributed by atoms with van der Waals surface area (Å²) in [5, 5.41) is 7.61. The molecule has 0 radical (unpaired) electrons.